The molecule has 0 amide bonds. The van der Waals surface area contributed by atoms with Gasteiger partial charge in [0.2, 0.25) is 0 Å². The second kappa shape index (κ2) is 7.30. The van der Waals surface area contributed by atoms with Crippen LogP contribution in [0.5, 0.6) is 0 Å². The van der Waals surface area contributed by atoms with Crippen molar-refractivity contribution in [2.75, 3.05) is 26.4 Å². The molecule has 2 aliphatic heterocycles. The summed E-state index contributed by atoms with van der Waals surface area (Å²) in [5.41, 5.74) is 0. The molecule has 0 saturated carbocycles. The molecular weight excluding hydrogens is 168 g/mol. The van der Waals surface area contributed by atoms with Crippen LogP contribution in [0.4, 0.5) is 0 Å². The zero-order valence-corrected chi connectivity index (χ0v) is 8.21. The molecule has 1 N–H and O–H groups in total. The van der Waals surface area contributed by atoms with Gasteiger partial charge < -0.3 is 14.6 Å². The molecular formula is C10H20O3. The van der Waals surface area contributed by atoms with Gasteiger partial charge in [-0.15, -0.1) is 0 Å². The number of rotatable bonds is 0. The fourth-order valence-electron chi connectivity index (χ4n) is 1.37. The van der Waals surface area contributed by atoms with Crippen molar-refractivity contribution in [2.45, 2.75) is 38.2 Å². The first-order valence-electron chi connectivity index (χ1n) is 5.23. The van der Waals surface area contributed by atoms with E-state index in [-0.39, 0.29) is 6.10 Å². The Morgan fingerprint density at radius 2 is 1.31 bits per heavy atom. The highest BCUT2D eigenvalue weighted by molar-refractivity contribution is 4.58. The van der Waals surface area contributed by atoms with Crippen LogP contribution < -0.4 is 0 Å². The van der Waals surface area contributed by atoms with E-state index in [0.717, 1.165) is 39.3 Å². The Bertz CT molecular complexity index is 95.2. The Morgan fingerprint density at radius 1 is 0.769 bits per heavy atom. The van der Waals surface area contributed by atoms with Gasteiger partial charge in [0.1, 0.15) is 0 Å². The summed E-state index contributed by atoms with van der Waals surface area (Å²) >= 11 is 0. The van der Waals surface area contributed by atoms with Gasteiger partial charge in [0, 0.05) is 26.4 Å². The van der Waals surface area contributed by atoms with E-state index in [1.165, 1.54) is 19.3 Å². The van der Waals surface area contributed by atoms with Gasteiger partial charge in [0.15, 0.2) is 0 Å². The molecule has 2 saturated heterocycles. The maximum absolute atomic E-state index is 8.83. The first kappa shape index (κ1) is 11.0. The Morgan fingerprint density at radius 3 is 1.54 bits per heavy atom. The van der Waals surface area contributed by atoms with Gasteiger partial charge in [0.25, 0.3) is 0 Å². The van der Waals surface area contributed by atoms with Gasteiger partial charge in [-0.3, -0.25) is 0 Å². The maximum Gasteiger partial charge on any atom is 0.0584 e. The topological polar surface area (TPSA) is 38.7 Å². The van der Waals surface area contributed by atoms with Crippen molar-refractivity contribution in [1.82, 2.24) is 0 Å². The van der Waals surface area contributed by atoms with Gasteiger partial charge in [-0.2, -0.15) is 0 Å². The summed E-state index contributed by atoms with van der Waals surface area (Å²) in [6.45, 7) is 3.47. The third-order valence-electron chi connectivity index (χ3n) is 2.27. The van der Waals surface area contributed by atoms with Crippen molar-refractivity contribution in [2.24, 2.45) is 0 Å². The summed E-state index contributed by atoms with van der Waals surface area (Å²) < 4.78 is 10.0. The van der Waals surface area contributed by atoms with E-state index >= 15 is 0 Å². The summed E-state index contributed by atoms with van der Waals surface area (Å²) in [6.07, 6.45) is 5.48. The minimum absolute atomic E-state index is 0.0891. The van der Waals surface area contributed by atoms with Gasteiger partial charge in [-0.25, -0.2) is 0 Å². The Balaban J connectivity index is 0.000000132. The molecule has 78 valence electrons. The van der Waals surface area contributed by atoms with Crippen molar-refractivity contribution in [1.29, 1.82) is 0 Å². The molecule has 3 nitrogen and oxygen atoms in total. The Labute approximate surface area is 80.0 Å². The lowest BCUT2D eigenvalue weighted by molar-refractivity contribution is 0.0140. The molecule has 0 radical (unpaired) electrons. The lowest BCUT2D eigenvalue weighted by atomic mass is 10.2. The standard InChI is InChI=1S/C5H10O2.C5H10O/c6-5-1-3-7-4-2-5;1-2-4-6-5-3-1/h5-6H,1-4H2;1-5H2. The van der Waals surface area contributed by atoms with E-state index in [9.17, 15) is 0 Å². The fourth-order valence-corrected chi connectivity index (χ4v) is 1.37. The van der Waals surface area contributed by atoms with Crippen LogP contribution in [-0.4, -0.2) is 37.6 Å². The summed E-state index contributed by atoms with van der Waals surface area (Å²) in [5.74, 6) is 0. The Kier molecular flexibility index (Phi) is 6.15. The summed E-state index contributed by atoms with van der Waals surface area (Å²) in [5, 5.41) is 8.83. The number of ether oxygens (including phenoxy) is 2. The minimum Gasteiger partial charge on any atom is -0.393 e. The normalized spacial score (nSPS) is 24.7. The second-order valence-electron chi connectivity index (χ2n) is 3.52. The molecule has 2 aliphatic rings. The van der Waals surface area contributed by atoms with Crippen LogP contribution in [-0.2, 0) is 9.47 Å². The molecule has 13 heavy (non-hydrogen) atoms. The monoisotopic (exact) mass is 188 g/mol. The molecule has 2 heterocycles. The predicted octanol–water partition coefficient (Wildman–Crippen LogP) is 1.34. The average molecular weight is 188 g/mol. The molecule has 0 unspecified atom stereocenters. The molecule has 0 aromatic carbocycles. The minimum atomic E-state index is -0.0891. The molecule has 2 fully saturated rings. The Hall–Kier alpha value is -0.120. The van der Waals surface area contributed by atoms with E-state index in [2.05, 4.69) is 0 Å². The van der Waals surface area contributed by atoms with Crippen molar-refractivity contribution in [3.8, 4) is 0 Å². The van der Waals surface area contributed by atoms with E-state index in [4.69, 9.17) is 14.6 Å². The van der Waals surface area contributed by atoms with Crippen molar-refractivity contribution in [3.05, 3.63) is 0 Å². The summed E-state index contributed by atoms with van der Waals surface area (Å²) in [4.78, 5) is 0. The highest BCUT2D eigenvalue weighted by atomic mass is 16.5. The van der Waals surface area contributed by atoms with Gasteiger partial charge in [-0.05, 0) is 32.1 Å². The zero-order valence-electron chi connectivity index (χ0n) is 8.21. The van der Waals surface area contributed by atoms with Crippen LogP contribution in [0.1, 0.15) is 32.1 Å². The van der Waals surface area contributed by atoms with E-state index in [0.29, 0.717) is 0 Å². The highest BCUT2D eigenvalue weighted by Crippen LogP contribution is 2.04. The molecule has 0 aromatic heterocycles. The van der Waals surface area contributed by atoms with Crippen molar-refractivity contribution < 1.29 is 14.6 Å². The molecule has 0 aliphatic carbocycles. The van der Waals surface area contributed by atoms with Crippen LogP contribution in [0.15, 0.2) is 0 Å². The number of aliphatic hydroxyl groups is 1. The maximum atomic E-state index is 8.83. The van der Waals surface area contributed by atoms with Crippen molar-refractivity contribution >= 4 is 0 Å². The lowest BCUT2D eigenvalue weighted by Crippen LogP contribution is -2.19. The third-order valence-corrected chi connectivity index (χ3v) is 2.27. The first-order valence-corrected chi connectivity index (χ1v) is 5.23. The first-order chi connectivity index (χ1) is 6.39. The molecule has 0 spiro atoms. The van der Waals surface area contributed by atoms with Gasteiger partial charge in [-0.1, -0.05) is 0 Å². The fraction of sp³-hybridized carbons (Fsp3) is 1.00. The van der Waals surface area contributed by atoms with Crippen LogP contribution in [0.3, 0.4) is 0 Å². The quantitative estimate of drug-likeness (QED) is 0.623. The van der Waals surface area contributed by atoms with Gasteiger partial charge in [0.05, 0.1) is 6.10 Å². The molecule has 3 heteroatoms. The zero-order chi connectivity index (χ0) is 9.36. The molecule has 2 rings (SSSR count). The van der Waals surface area contributed by atoms with E-state index < -0.39 is 0 Å². The SMILES string of the molecule is C1CCOCC1.OC1CCOCC1. The van der Waals surface area contributed by atoms with Gasteiger partial charge >= 0.3 is 0 Å². The van der Waals surface area contributed by atoms with Crippen LogP contribution in [0.25, 0.3) is 0 Å². The third kappa shape index (κ3) is 6.02. The summed E-state index contributed by atoms with van der Waals surface area (Å²) in [6, 6.07) is 0. The van der Waals surface area contributed by atoms with Crippen LogP contribution in [0, 0.1) is 0 Å². The second-order valence-corrected chi connectivity index (χ2v) is 3.52. The smallest absolute Gasteiger partial charge is 0.0584 e. The number of hydrogen-bond donors (Lipinski definition) is 1. The lowest BCUT2D eigenvalue weighted by Gasteiger charge is -2.15. The largest absolute Gasteiger partial charge is 0.393 e. The predicted molar refractivity (Wildman–Crippen MR) is 50.7 cm³/mol. The van der Waals surface area contributed by atoms with Crippen LogP contribution in [0.2, 0.25) is 0 Å². The average Bonchev–Trinajstić information content (AvgIpc) is 2.22. The van der Waals surface area contributed by atoms with E-state index in [1.54, 1.807) is 0 Å². The number of aliphatic hydroxyl groups excluding tert-OH is 1. The molecule has 0 aromatic rings. The number of hydrogen-bond acceptors (Lipinski definition) is 3. The highest BCUT2D eigenvalue weighted by Gasteiger charge is 2.07. The molecule has 0 atom stereocenters. The van der Waals surface area contributed by atoms with E-state index in [1.807, 2.05) is 0 Å². The van der Waals surface area contributed by atoms with Crippen molar-refractivity contribution in [3.63, 3.8) is 0 Å². The molecule has 0 bridgehead atoms. The van der Waals surface area contributed by atoms with Crippen LogP contribution >= 0.6 is 0 Å². The summed E-state index contributed by atoms with van der Waals surface area (Å²) in [7, 11) is 0.